The molecule has 0 spiro atoms. The molecule has 1 aromatic rings. The first kappa shape index (κ1) is 11.7. The van der Waals surface area contributed by atoms with Gasteiger partial charge in [-0.1, -0.05) is 0 Å². The van der Waals surface area contributed by atoms with Crippen LogP contribution in [0.1, 0.15) is 0 Å². The zero-order valence-corrected chi connectivity index (χ0v) is 8.92. The summed E-state index contributed by atoms with van der Waals surface area (Å²) in [4.78, 5) is 13.3. The lowest BCUT2D eigenvalue weighted by Crippen LogP contribution is -2.32. The second kappa shape index (κ2) is 4.90. The molecule has 0 bridgehead atoms. The van der Waals surface area contributed by atoms with Gasteiger partial charge in [0.05, 0.1) is 24.5 Å². The van der Waals surface area contributed by atoms with Gasteiger partial charge in [0.1, 0.15) is 0 Å². The highest BCUT2D eigenvalue weighted by Crippen LogP contribution is 2.03. The van der Waals surface area contributed by atoms with Crippen LogP contribution in [0.2, 0.25) is 0 Å². The van der Waals surface area contributed by atoms with E-state index in [1.807, 2.05) is 14.1 Å². The van der Waals surface area contributed by atoms with Gasteiger partial charge in [0, 0.05) is 26.7 Å². The van der Waals surface area contributed by atoms with Gasteiger partial charge in [-0.3, -0.25) is 4.79 Å². The number of rotatable bonds is 4. The van der Waals surface area contributed by atoms with Crippen LogP contribution < -0.4 is 16.2 Å². The van der Waals surface area contributed by atoms with E-state index in [4.69, 9.17) is 5.73 Å². The van der Waals surface area contributed by atoms with Crippen molar-refractivity contribution in [2.45, 2.75) is 12.6 Å². The van der Waals surface area contributed by atoms with Gasteiger partial charge < -0.3 is 15.7 Å². The molecule has 1 heterocycles. The van der Waals surface area contributed by atoms with Gasteiger partial charge in [-0.15, -0.1) is 0 Å². The molecule has 3 N–H and O–H groups in total. The lowest BCUT2D eigenvalue weighted by molar-refractivity contribution is 0.155. The second-order valence-electron chi connectivity index (χ2n) is 3.52. The maximum Gasteiger partial charge on any atom is 0.268 e. The Morgan fingerprint density at radius 2 is 2.33 bits per heavy atom. The van der Waals surface area contributed by atoms with Crippen LogP contribution in [0.3, 0.4) is 0 Å². The van der Waals surface area contributed by atoms with E-state index in [2.05, 4.69) is 5.10 Å². The maximum absolute atomic E-state index is 11.5. The van der Waals surface area contributed by atoms with E-state index in [0.717, 1.165) is 5.69 Å². The molecular weight excluding hydrogens is 196 g/mol. The van der Waals surface area contributed by atoms with E-state index in [9.17, 15) is 9.90 Å². The van der Waals surface area contributed by atoms with Gasteiger partial charge in [0.15, 0.2) is 0 Å². The second-order valence-corrected chi connectivity index (χ2v) is 3.52. The highest BCUT2D eigenvalue weighted by atomic mass is 16.3. The van der Waals surface area contributed by atoms with Crippen molar-refractivity contribution in [1.82, 2.24) is 9.78 Å². The van der Waals surface area contributed by atoms with Crippen molar-refractivity contribution in [3.63, 3.8) is 0 Å². The smallest absolute Gasteiger partial charge is 0.268 e. The van der Waals surface area contributed by atoms with Crippen molar-refractivity contribution >= 4 is 5.69 Å². The minimum Gasteiger partial charge on any atom is -0.390 e. The zero-order chi connectivity index (χ0) is 11.4. The Labute approximate surface area is 87.9 Å². The minimum absolute atomic E-state index is 0.115. The first-order valence-electron chi connectivity index (χ1n) is 4.67. The molecule has 0 saturated heterocycles. The number of aliphatic hydroxyl groups is 1. The average Bonchev–Trinajstić information content (AvgIpc) is 2.20. The van der Waals surface area contributed by atoms with Crippen LogP contribution in [-0.4, -0.2) is 41.6 Å². The normalized spacial score (nSPS) is 12.5. The molecule has 15 heavy (non-hydrogen) atoms. The largest absolute Gasteiger partial charge is 0.390 e. The molecule has 6 nitrogen and oxygen atoms in total. The number of hydrogen-bond donors (Lipinski definition) is 2. The molecule has 1 aromatic heterocycles. The van der Waals surface area contributed by atoms with Crippen molar-refractivity contribution < 1.29 is 5.11 Å². The third kappa shape index (κ3) is 3.03. The third-order valence-corrected chi connectivity index (χ3v) is 2.03. The van der Waals surface area contributed by atoms with Crippen molar-refractivity contribution in [3.05, 3.63) is 22.6 Å². The summed E-state index contributed by atoms with van der Waals surface area (Å²) in [5.41, 5.74) is 5.74. The van der Waals surface area contributed by atoms with Crippen molar-refractivity contribution in [2.24, 2.45) is 5.73 Å². The van der Waals surface area contributed by atoms with E-state index < -0.39 is 6.10 Å². The van der Waals surface area contributed by atoms with Crippen LogP contribution in [0.25, 0.3) is 0 Å². The molecule has 0 aliphatic rings. The number of hydrogen-bond acceptors (Lipinski definition) is 5. The summed E-state index contributed by atoms with van der Waals surface area (Å²) in [5, 5.41) is 13.2. The number of nitrogens with zero attached hydrogens (tertiary/aromatic N) is 3. The summed E-state index contributed by atoms with van der Waals surface area (Å²) in [7, 11) is 3.66. The summed E-state index contributed by atoms with van der Waals surface area (Å²) in [6, 6.07) is 1.47. The standard InChI is InChI=1S/C9H16N4O2/c1-12(2)7-3-9(15)13(11-5-7)6-8(14)4-10/h3,5,8,14H,4,6,10H2,1-2H3. The first-order chi connectivity index (χ1) is 7.04. The van der Waals surface area contributed by atoms with Crippen molar-refractivity contribution in [3.8, 4) is 0 Å². The van der Waals surface area contributed by atoms with Crippen LogP contribution in [0.5, 0.6) is 0 Å². The van der Waals surface area contributed by atoms with Crippen LogP contribution in [-0.2, 0) is 6.54 Å². The molecule has 1 atom stereocenters. The first-order valence-corrected chi connectivity index (χ1v) is 4.67. The summed E-state index contributed by atoms with van der Waals surface area (Å²) in [6.45, 7) is 0.243. The Morgan fingerprint density at radius 3 is 2.80 bits per heavy atom. The van der Waals surface area contributed by atoms with Gasteiger partial charge in [0.2, 0.25) is 0 Å². The molecular formula is C9H16N4O2. The SMILES string of the molecule is CN(C)c1cnn(CC(O)CN)c(=O)c1. The molecule has 1 unspecified atom stereocenters. The van der Waals surface area contributed by atoms with Gasteiger partial charge >= 0.3 is 0 Å². The van der Waals surface area contributed by atoms with Gasteiger partial charge in [-0.2, -0.15) is 5.10 Å². The van der Waals surface area contributed by atoms with Crippen LogP contribution in [0, 0.1) is 0 Å². The lowest BCUT2D eigenvalue weighted by Gasteiger charge is -2.13. The monoisotopic (exact) mass is 212 g/mol. The zero-order valence-electron chi connectivity index (χ0n) is 8.92. The van der Waals surface area contributed by atoms with Gasteiger partial charge in [-0.25, -0.2) is 4.68 Å². The van der Waals surface area contributed by atoms with E-state index in [-0.39, 0.29) is 18.6 Å². The third-order valence-electron chi connectivity index (χ3n) is 2.03. The highest BCUT2D eigenvalue weighted by Gasteiger charge is 2.06. The molecule has 0 radical (unpaired) electrons. The molecule has 0 aliphatic carbocycles. The number of anilines is 1. The molecule has 6 heteroatoms. The van der Waals surface area contributed by atoms with E-state index >= 15 is 0 Å². The predicted octanol–water partition coefficient (Wildman–Crippen LogP) is -1.37. The van der Waals surface area contributed by atoms with E-state index in [1.165, 1.54) is 10.7 Å². The molecule has 0 amide bonds. The Bertz CT molecular complexity index is 375. The average molecular weight is 212 g/mol. The molecule has 0 aliphatic heterocycles. The van der Waals surface area contributed by atoms with Gasteiger partial charge in [-0.05, 0) is 0 Å². The predicted molar refractivity (Wildman–Crippen MR) is 57.9 cm³/mol. The quantitative estimate of drug-likeness (QED) is 0.643. The fraction of sp³-hybridized carbons (Fsp3) is 0.556. The fourth-order valence-electron chi connectivity index (χ4n) is 1.08. The van der Waals surface area contributed by atoms with E-state index in [1.54, 1.807) is 11.1 Å². The lowest BCUT2D eigenvalue weighted by atomic mass is 10.3. The topological polar surface area (TPSA) is 84.4 Å². The molecule has 1 rings (SSSR count). The molecule has 0 fully saturated rings. The van der Waals surface area contributed by atoms with Crippen molar-refractivity contribution in [2.75, 3.05) is 25.5 Å². The highest BCUT2D eigenvalue weighted by molar-refractivity contribution is 5.40. The maximum atomic E-state index is 11.5. The minimum atomic E-state index is -0.736. The Hall–Kier alpha value is -1.40. The number of aliphatic hydroxyl groups excluding tert-OH is 1. The molecule has 0 aromatic carbocycles. The van der Waals surface area contributed by atoms with Gasteiger partial charge in [0.25, 0.3) is 5.56 Å². The van der Waals surface area contributed by atoms with Crippen LogP contribution in [0.15, 0.2) is 17.1 Å². The summed E-state index contributed by atoms with van der Waals surface area (Å²) >= 11 is 0. The summed E-state index contributed by atoms with van der Waals surface area (Å²) < 4.78 is 1.20. The Kier molecular flexibility index (Phi) is 3.81. The molecule has 84 valence electrons. The number of nitrogens with two attached hydrogens (primary N) is 1. The Balaban J connectivity index is 2.89. The van der Waals surface area contributed by atoms with Crippen molar-refractivity contribution in [1.29, 1.82) is 0 Å². The number of aromatic nitrogens is 2. The van der Waals surface area contributed by atoms with Crippen LogP contribution in [0.4, 0.5) is 5.69 Å². The summed E-state index contributed by atoms with van der Waals surface area (Å²) in [5.74, 6) is 0. The van der Waals surface area contributed by atoms with E-state index in [0.29, 0.717) is 0 Å². The molecule has 0 saturated carbocycles. The summed E-state index contributed by atoms with van der Waals surface area (Å²) in [6.07, 6.45) is 0.838. The Morgan fingerprint density at radius 1 is 1.67 bits per heavy atom. The fourth-order valence-corrected chi connectivity index (χ4v) is 1.08. The van der Waals surface area contributed by atoms with Crippen LogP contribution >= 0.6 is 0 Å².